The first kappa shape index (κ1) is 19.4. The van der Waals surface area contributed by atoms with E-state index < -0.39 is 10.0 Å². The van der Waals surface area contributed by atoms with Crippen LogP contribution in [0.5, 0.6) is 0 Å². The Hall–Kier alpha value is -2.33. The highest BCUT2D eigenvalue weighted by atomic mass is 35.5. The minimum Gasteiger partial charge on any atom is -0.370 e. The predicted molar refractivity (Wildman–Crippen MR) is 109 cm³/mol. The maximum atomic E-state index is 12.7. The van der Waals surface area contributed by atoms with Crippen LogP contribution >= 0.6 is 11.6 Å². The lowest BCUT2D eigenvalue weighted by molar-refractivity contribution is 0.440. The lowest BCUT2D eigenvalue weighted by Crippen LogP contribution is -2.34. The lowest BCUT2D eigenvalue weighted by atomic mass is 10.2. The van der Waals surface area contributed by atoms with Crippen LogP contribution in [-0.4, -0.2) is 38.9 Å². The zero-order chi connectivity index (χ0) is 19.3. The molecular formula is C20H20ClN3O2S. The summed E-state index contributed by atoms with van der Waals surface area (Å²) in [5.41, 5.74) is 2.41. The van der Waals surface area contributed by atoms with E-state index in [0.717, 1.165) is 24.2 Å². The normalized spacial score (nSPS) is 16.2. The number of nitrogens with zero attached hydrogens (tertiary/aromatic N) is 3. The van der Waals surface area contributed by atoms with Gasteiger partial charge in [-0.15, -0.1) is 0 Å². The summed E-state index contributed by atoms with van der Waals surface area (Å²) in [7, 11) is -3.48. The van der Waals surface area contributed by atoms with Gasteiger partial charge >= 0.3 is 0 Å². The van der Waals surface area contributed by atoms with Crippen LogP contribution in [0.15, 0.2) is 53.9 Å². The Bertz CT molecular complexity index is 948. The van der Waals surface area contributed by atoms with Crippen molar-refractivity contribution < 1.29 is 8.42 Å². The van der Waals surface area contributed by atoms with Crippen LogP contribution in [0.2, 0.25) is 5.02 Å². The molecule has 7 heteroatoms. The van der Waals surface area contributed by atoms with Crippen LogP contribution in [0.3, 0.4) is 0 Å². The van der Waals surface area contributed by atoms with Gasteiger partial charge in [-0.3, -0.25) is 0 Å². The molecule has 5 nitrogen and oxygen atoms in total. The smallest absolute Gasteiger partial charge is 0.236 e. The summed E-state index contributed by atoms with van der Waals surface area (Å²) in [6.07, 6.45) is 2.34. The third kappa shape index (κ3) is 5.10. The van der Waals surface area contributed by atoms with Crippen LogP contribution in [0, 0.1) is 11.3 Å². The van der Waals surface area contributed by atoms with E-state index in [1.165, 1.54) is 9.71 Å². The van der Waals surface area contributed by atoms with Crippen LogP contribution in [-0.2, 0) is 10.0 Å². The van der Waals surface area contributed by atoms with Gasteiger partial charge in [-0.05, 0) is 54.5 Å². The molecule has 0 radical (unpaired) electrons. The summed E-state index contributed by atoms with van der Waals surface area (Å²) in [5, 5.41) is 10.8. The number of benzene rings is 2. The van der Waals surface area contributed by atoms with Gasteiger partial charge in [0, 0.05) is 42.3 Å². The first-order valence-electron chi connectivity index (χ1n) is 8.67. The average molecular weight is 402 g/mol. The molecule has 3 rings (SSSR count). The molecule has 0 N–H and O–H groups in total. The highest BCUT2D eigenvalue weighted by molar-refractivity contribution is 7.92. The summed E-state index contributed by atoms with van der Waals surface area (Å²) < 4.78 is 26.8. The molecule has 2 aromatic carbocycles. The van der Waals surface area contributed by atoms with Gasteiger partial charge in [0.15, 0.2) is 0 Å². The quantitative estimate of drug-likeness (QED) is 0.783. The van der Waals surface area contributed by atoms with Crippen molar-refractivity contribution in [3.05, 3.63) is 70.1 Å². The second kappa shape index (κ2) is 8.57. The third-order valence-corrected chi connectivity index (χ3v) is 6.30. The van der Waals surface area contributed by atoms with Gasteiger partial charge in [0.2, 0.25) is 10.0 Å². The van der Waals surface area contributed by atoms with E-state index in [2.05, 4.69) is 11.0 Å². The van der Waals surface area contributed by atoms with Crippen LogP contribution in [0.4, 0.5) is 5.69 Å². The number of hydrogen-bond acceptors (Lipinski definition) is 4. The lowest BCUT2D eigenvalue weighted by Gasteiger charge is -2.23. The molecule has 0 atom stereocenters. The Kier molecular flexibility index (Phi) is 6.17. The van der Waals surface area contributed by atoms with E-state index in [4.69, 9.17) is 16.9 Å². The molecule has 0 bridgehead atoms. The number of hydrogen-bond donors (Lipinski definition) is 0. The number of sulfonamides is 1. The zero-order valence-electron chi connectivity index (χ0n) is 14.8. The highest BCUT2D eigenvalue weighted by Crippen LogP contribution is 2.19. The standard InChI is InChI=1S/C20H20ClN3O2S/c21-19-6-2-17(3-7-19)10-15-27(25,26)24-12-1-11-23(13-14-24)20-8-4-18(16-22)5-9-20/h2-10,15H,1,11-14H2/b15-10+. The van der Waals surface area contributed by atoms with Crippen molar-refractivity contribution in [3.63, 3.8) is 0 Å². The molecule has 0 amide bonds. The fourth-order valence-electron chi connectivity index (χ4n) is 2.98. The Balaban J connectivity index is 1.67. The van der Waals surface area contributed by atoms with Crippen molar-refractivity contribution in [2.45, 2.75) is 6.42 Å². The topological polar surface area (TPSA) is 64.4 Å². The van der Waals surface area contributed by atoms with Crippen molar-refractivity contribution in [2.24, 2.45) is 0 Å². The van der Waals surface area contributed by atoms with Gasteiger partial charge in [-0.25, -0.2) is 8.42 Å². The molecule has 1 aliphatic heterocycles. The number of anilines is 1. The van der Waals surface area contributed by atoms with Crippen LogP contribution in [0.1, 0.15) is 17.5 Å². The number of rotatable bonds is 4. The van der Waals surface area contributed by atoms with E-state index in [9.17, 15) is 8.42 Å². The molecule has 0 unspecified atom stereocenters. The minimum atomic E-state index is -3.48. The zero-order valence-corrected chi connectivity index (χ0v) is 16.3. The Morgan fingerprint density at radius 1 is 0.963 bits per heavy atom. The van der Waals surface area contributed by atoms with Gasteiger partial charge < -0.3 is 4.90 Å². The molecule has 140 valence electrons. The Labute approximate surface area is 165 Å². The summed E-state index contributed by atoms with van der Waals surface area (Å²) in [6, 6.07) is 16.5. The van der Waals surface area contributed by atoms with Gasteiger partial charge in [-0.2, -0.15) is 9.57 Å². The summed E-state index contributed by atoms with van der Waals surface area (Å²) in [5.74, 6) is 0. The molecule has 1 aliphatic rings. The molecule has 0 aliphatic carbocycles. The number of halogens is 1. The SMILES string of the molecule is N#Cc1ccc(N2CCCN(S(=O)(=O)/C=C/c3ccc(Cl)cc3)CC2)cc1. The maximum Gasteiger partial charge on any atom is 0.236 e. The first-order chi connectivity index (χ1) is 13.0. The van der Waals surface area contributed by atoms with Crippen molar-refractivity contribution >= 4 is 33.4 Å². The second-order valence-corrected chi connectivity index (χ2v) is 8.55. The second-order valence-electron chi connectivity index (χ2n) is 6.30. The molecule has 0 spiro atoms. The summed E-state index contributed by atoms with van der Waals surface area (Å²) >= 11 is 5.85. The molecular weight excluding hydrogens is 382 g/mol. The van der Waals surface area contributed by atoms with E-state index in [1.54, 1.807) is 42.5 Å². The van der Waals surface area contributed by atoms with E-state index in [-0.39, 0.29) is 0 Å². The van der Waals surface area contributed by atoms with Gasteiger partial charge in [0.1, 0.15) is 0 Å². The van der Waals surface area contributed by atoms with E-state index >= 15 is 0 Å². The van der Waals surface area contributed by atoms with Gasteiger partial charge in [-0.1, -0.05) is 23.7 Å². The van der Waals surface area contributed by atoms with Gasteiger partial charge in [0.25, 0.3) is 0 Å². The summed E-state index contributed by atoms with van der Waals surface area (Å²) in [6.45, 7) is 2.30. The van der Waals surface area contributed by atoms with E-state index in [1.807, 2.05) is 12.1 Å². The summed E-state index contributed by atoms with van der Waals surface area (Å²) in [4.78, 5) is 2.15. The Morgan fingerprint density at radius 2 is 1.67 bits per heavy atom. The monoisotopic (exact) mass is 401 g/mol. The molecule has 1 saturated heterocycles. The third-order valence-electron chi connectivity index (χ3n) is 4.48. The molecule has 27 heavy (non-hydrogen) atoms. The van der Waals surface area contributed by atoms with Gasteiger partial charge in [0.05, 0.1) is 11.6 Å². The highest BCUT2D eigenvalue weighted by Gasteiger charge is 2.23. The molecule has 2 aromatic rings. The van der Waals surface area contributed by atoms with Crippen molar-refractivity contribution in [3.8, 4) is 6.07 Å². The molecule has 1 fully saturated rings. The van der Waals surface area contributed by atoms with Crippen LogP contribution in [0.25, 0.3) is 6.08 Å². The molecule has 0 saturated carbocycles. The average Bonchev–Trinajstić information content (AvgIpc) is 2.94. The fourth-order valence-corrected chi connectivity index (χ4v) is 4.32. The van der Waals surface area contributed by atoms with Crippen LogP contribution < -0.4 is 4.90 Å². The fraction of sp³-hybridized carbons (Fsp3) is 0.250. The number of nitriles is 1. The molecule has 1 heterocycles. The van der Waals surface area contributed by atoms with Crippen molar-refractivity contribution in [1.82, 2.24) is 4.31 Å². The maximum absolute atomic E-state index is 12.7. The van der Waals surface area contributed by atoms with Crippen molar-refractivity contribution in [2.75, 3.05) is 31.1 Å². The van der Waals surface area contributed by atoms with Crippen molar-refractivity contribution in [1.29, 1.82) is 5.26 Å². The Morgan fingerprint density at radius 3 is 2.33 bits per heavy atom. The minimum absolute atomic E-state index is 0.424. The largest absolute Gasteiger partial charge is 0.370 e. The predicted octanol–water partition coefficient (Wildman–Crippen LogP) is 3.72. The first-order valence-corrected chi connectivity index (χ1v) is 10.5. The molecule has 0 aromatic heterocycles. The van der Waals surface area contributed by atoms with E-state index in [0.29, 0.717) is 30.2 Å².